The molecule has 0 radical (unpaired) electrons. The van der Waals surface area contributed by atoms with Crippen molar-refractivity contribution in [3.8, 4) is 0 Å². The zero-order valence-electron chi connectivity index (χ0n) is 16.9. The van der Waals surface area contributed by atoms with Crippen molar-refractivity contribution >= 4 is 16.9 Å². The fourth-order valence-corrected chi connectivity index (χ4v) is 4.38. The van der Waals surface area contributed by atoms with Crippen molar-refractivity contribution in [2.75, 3.05) is 0 Å². The molecule has 4 unspecified atom stereocenters. The molecule has 0 N–H and O–H groups in total. The molecule has 142 valence electrons. The molecule has 1 aromatic carbocycles. The summed E-state index contributed by atoms with van der Waals surface area (Å²) in [7, 11) is 0. The van der Waals surface area contributed by atoms with E-state index in [-0.39, 0.29) is 18.1 Å². The van der Waals surface area contributed by atoms with Crippen molar-refractivity contribution in [2.24, 2.45) is 17.8 Å². The van der Waals surface area contributed by atoms with Crippen LogP contribution in [-0.4, -0.2) is 16.6 Å². The zero-order valence-corrected chi connectivity index (χ0v) is 16.9. The van der Waals surface area contributed by atoms with Crippen molar-refractivity contribution in [3.05, 3.63) is 36.0 Å². The first-order valence-electron chi connectivity index (χ1n) is 10.2. The highest BCUT2D eigenvalue weighted by Gasteiger charge is 2.34. The van der Waals surface area contributed by atoms with E-state index in [0.717, 1.165) is 24.8 Å². The summed E-state index contributed by atoms with van der Waals surface area (Å²) < 4.78 is 8.10. The van der Waals surface area contributed by atoms with Crippen LogP contribution in [-0.2, 0) is 16.0 Å². The topological polar surface area (TPSA) is 31.2 Å². The highest BCUT2D eigenvalue weighted by atomic mass is 16.5. The van der Waals surface area contributed by atoms with Gasteiger partial charge in [-0.15, -0.1) is 0 Å². The Kier molecular flexibility index (Phi) is 5.74. The van der Waals surface area contributed by atoms with Crippen LogP contribution in [0.4, 0.5) is 0 Å². The average molecular weight is 356 g/mol. The third-order valence-electron chi connectivity index (χ3n) is 6.18. The van der Waals surface area contributed by atoms with Gasteiger partial charge in [-0.05, 0) is 73.1 Å². The third-order valence-corrected chi connectivity index (χ3v) is 6.18. The summed E-state index contributed by atoms with van der Waals surface area (Å²) in [5.74, 6) is 1.57. The largest absolute Gasteiger partial charge is 0.461 e. The highest BCUT2D eigenvalue weighted by molar-refractivity contribution is 5.84. The van der Waals surface area contributed by atoms with Crippen molar-refractivity contribution in [1.29, 1.82) is 0 Å². The summed E-state index contributed by atoms with van der Waals surface area (Å²) in [6.45, 7) is 10.9. The number of hydrogen-bond donors (Lipinski definition) is 0. The van der Waals surface area contributed by atoms with Crippen LogP contribution < -0.4 is 0 Å². The number of aryl methyl sites for hydroxylation is 1. The maximum atomic E-state index is 12.9. The van der Waals surface area contributed by atoms with Crippen molar-refractivity contribution in [2.45, 2.75) is 72.4 Å². The predicted octanol–water partition coefficient (Wildman–Crippen LogP) is 5.77. The molecule has 0 bridgehead atoms. The maximum absolute atomic E-state index is 12.9. The summed E-state index contributed by atoms with van der Waals surface area (Å²) in [5.41, 5.74) is 2.42. The summed E-state index contributed by atoms with van der Waals surface area (Å²) in [6.07, 6.45) is 6.50. The maximum Gasteiger partial charge on any atom is 0.329 e. The average Bonchev–Trinajstić information content (AvgIpc) is 3.03. The molecule has 26 heavy (non-hydrogen) atoms. The Morgan fingerprint density at radius 1 is 1.23 bits per heavy atom. The highest BCUT2D eigenvalue weighted by Crippen LogP contribution is 2.36. The number of ether oxygens (including phenoxy) is 1. The monoisotopic (exact) mass is 355 g/mol. The van der Waals surface area contributed by atoms with Crippen LogP contribution in [0.25, 0.3) is 10.9 Å². The van der Waals surface area contributed by atoms with Crippen LogP contribution in [0.3, 0.4) is 0 Å². The Bertz CT molecular complexity index is 761. The van der Waals surface area contributed by atoms with Crippen LogP contribution in [0.15, 0.2) is 30.5 Å². The van der Waals surface area contributed by atoms with Crippen LogP contribution in [0.5, 0.6) is 0 Å². The van der Waals surface area contributed by atoms with Gasteiger partial charge in [-0.25, -0.2) is 4.79 Å². The summed E-state index contributed by atoms with van der Waals surface area (Å²) in [4.78, 5) is 12.9. The number of carbonyl (C=O) groups excluding carboxylic acids is 1. The lowest BCUT2D eigenvalue weighted by atomic mass is 9.75. The minimum absolute atomic E-state index is 0.0576. The number of aromatic nitrogens is 1. The van der Waals surface area contributed by atoms with Gasteiger partial charge in [-0.2, -0.15) is 0 Å². The standard InChI is InChI=1S/C23H33NO2/c1-6-18-8-10-21-19(14-18)11-12-24(21)17(5)23(25)26-22-13-16(4)7-9-20(22)15(2)3/h8,10-12,14-17,20,22H,6-7,9,13H2,1-5H3. The zero-order chi connectivity index (χ0) is 18.8. The smallest absolute Gasteiger partial charge is 0.329 e. The van der Waals surface area contributed by atoms with E-state index in [4.69, 9.17) is 4.74 Å². The summed E-state index contributed by atoms with van der Waals surface area (Å²) in [5, 5.41) is 1.19. The molecule has 1 aromatic heterocycles. The lowest BCUT2D eigenvalue weighted by molar-refractivity contribution is -0.159. The van der Waals surface area contributed by atoms with Crippen LogP contribution in [0.1, 0.15) is 65.5 Å². The van der Waals surface area contributed by atoms with E-state index in [1.54, 1.807) is 0 Å². The molecule has 0 spiro atoms. The van der Waals surface area contributed by atoms with Gasteiger partial charge in [0.2, 0.25) is 0 Å². The van der Waals surface area contributed by atoms with Crippen molar-refractivity contribution < 1.29 is 9.53 Å². The van der Waals surface area contributed by atoms with Crippen LogP contribution in [0, 0.1) is 17.8 Å². The normalized spacial score (nSPS) is 24.8. The van der Waals surface area contributed by atoms with Gasteiger partial charge < -0.3 is 9.30 Å². The lowest BCUT2D eigenvalue weighted by Gasteiger charge is -2.37. The first kappa shape index (κ1) is 19.0. The fourth-order valence-electron chi connectivity index (χ4n) is 4.38. The number of benzene rings is 1. The molecule has 1 aliphatic carbocycles. The van der Waals surface area contributed by atoms with E-state index in [2.05, 4.69) is 52.0 Å². The summed E-state index contributed by atoms with van der Waals surface area (Å²) in [6, 6.07) is 8.27. The minimum Gasteiger partial charge on any atom is -0.461 e. The molecule has 1 fully saturated rings. The molecule has 0 aliphatic heterocycles. The first-order chi connectivity index (χ1) is 12.4. The van der Waals surface area contributed by atoms with Gasteiger partial charge in [0, 0.05) is 11.7 Å². The molecule has 1 aliphatic rings. The fraction of sp³-hybridized carbons (Fsp3) is 0.609. The SMILES string of the molecule is CCc1ccc2c(ccn2C(C)C(=O)OC2CC(C)CCC2C(C)C)c1. The molecule has 0 saturated heterocycles. The van der Waals surface area contributed by atoms with Gasteiger partial charge >= 0.3 is 5.97 Å². The second-order valence-corrected chi connectivity index (χ2v) is 8.45. The van der Waals surface area contributed by atoms with E-state index in [9.17, 15) is 4.79 Å². The van der Waals surface area contributed by atoms with Crippen molar-refractivity contribution in [1.82, 2.24) is 4.57 Å². The number of hydrogen-bond acceptors (Lipinski definition) is 2. The van der Waals surface area contributed by atoms with E-state index < -0.39 is 0 Å². The Balaban J connectivity index is 1.77. The van der Waals surface area contributed by atoms with Crippen LogP contribution >= 0.6 is 0 Å². The molecule has 3 heteroatoms. The minimum atomic E-state index is -0.301. The van der Waals surface area contributed by atoms with E-state index in [0.29, 0.717) is 17.8 Å². The number of rotatable bonds is 5. The first-order valence-corrected chi connectivity index (χ1v) is 10.2. The van der Waals surface area contributed by atoms with Crippen molar-refractivity contribution in [3.63, 3.8) is 0 Å². The second kappa shape index (κ2) is 7.85. The Morgan fingerprint density at radius 2 is 2.00 bits per heavy atom. The van der Waals surface area contributed by atoms with Gasteiger partial charge in [-0.3, -0.25) is 0 Å². The molecule has 4 atom stereocenters. The van der Waals surface area contributed by atoms with Gasteiger partial charge in [0.1, 0.15) is 12.1 Å². The summed E-state index contributed by atoms with van der Waals surface area (Å²) >= 11 is 0. The third kappa shape index (κ3) is 3.82. The molecule has 3 nitrogen and oxygen atoms in total. The Morgan fingerprint density at radius 3 is 2.69 bits per heavy atom. The van der Waals surface area contributed by atoms with Gasteiger partial charge in [-0.1, -0.05) is 40.2 Å². The van der Waals surface area contributed by atoms with Gasteiger partial charge in [0.15, 0.2) is 0 Å². The quantitative estimate of drug-likeness (QED) is 0.638. The molecular weight excluding hydrogens is 322 g/mol. The Labute approximate surface area is 157 Å². The van der Waals surface area contributed by atoms with Gasteiger partial charge in [0.25, 0.3) is 0 Å². The molecule has 0 amide bonds. The molecule has 3 rings (SSSR count). The lowest BCUT2D eigenvalue weighted by Crippen LogP contribution is -2.37. The van der Waals surface area contributed by atoms with Gasteiger partial charge in [0.05, 0.1) is 0 Å². The second-order valence-electron chi connectivity index (χ2n) is 8.45. The van der Waals surface area contributed by atoms with E-state index in [1.165, 1.54) is 17.4 Å². The molecule has 2 aromatic rings. The number of carbonyl (C=O) groups is 1. The predicted molar refractivity (Wildman–Crippen MR) is 107 cm³/mol. The number of esters is 1. The Hall–Kier alpha value is -1.77. The van der Waals surface area contributed by atoms with E-state index in [1.807, 2.05) is 17.7 Å². The number of nitrogens with zero attached hydrogens (tertiary/aromatic N) is 1. The molecule has 1 heterocycles. The van der Waals surface area contributed by atoms with E-state index >= 15 is 0 Å². The molecule has 1 saturated carbocycles. The molecular formula is C23H33NO2. The number of fused-ring (bicyclic) bond motifs is 1. The van der Waals surface area contributed by atoms with Crippen LogP contribution in [0.2, 0.25) is 0 Å².